The van der Waals surface area contributed by atoms with E-state index < -0.39 is 0 Å². The maximum Gasteiger partial charge on any atom is 0.191 e. The highest BCUT2D eigenvalue weighted by Gasteiger charge is 2.35. The highest BCUT2D eigenvalue weighted by Crippen LogP contribution is 2.37. The molecule has 2 N–H and O–H groups in total. The van der Waals surface area contributed by atoms with Crippen LogP contribution in [0.25, 0.3) is 0 Å². The van der Waals surface area contributed by atoms with Crippen molar-refractivity contribution in [3.63, 3.8) is 0 Å². The van der Waals surface area contributed by atoms with E-state index in [0.29, 0.717) is 6.04 Å². The number of thioether (sulfide) groups is 1. The first kappa shape index (κ1) is 20.5. The Labute approximate surface area is 168 Å². The van der Waals surface area contributed by atoms with Crippen LogP contribution in [-0.2, 0) is 10.2 Å². The Morgan fingerprint density at radius 3 is 2.70 bits per heavy atom. The van der Waals surface area contributed by atoms with Gasteiger partial charge >= 0.3 is 0 Å². The minimum absolute atomic E-state index is 0.0867. The zero-order valence-electron chi connectivity index (χ0n) is 17.1. The van der Waals surface area contributed by atoms with Gasteiger partial charge in [-0.2, -0.15) is 11.8 Å². The molecule has 1 saturated carbocycles. The van der Waals surface area contributed by atoms with Gasteiger partial charge in [-0.05, 0) is 63.3 Å². The molecule has 0 radical (unpaired) electrons. The van der Waals surface area contributed by atoms with Crippen LogP contribution in [0, 0.1) is 6.92 Å². The fourth-order valence-corrected chi connectivity index (χ4v) is 5.27. The molecule has 1 aromatic carbocycles. The number of ether oxygens (including phenoxy) is 1. The van der Waals surface area contributed by atoms with E-state index in [-0.39, 0.29) is 5.41 Å². The zero-order chi connectivity index (χ0) is 19.1. The largest absolute Gasteiger partial charge is 0.381 e. The molecule has 1 aliphatic heterocycles. The van der Waals surface area contributed by atoms with E-state index in [1.165, 1.54) is 30.4 Å². The maximum atomic E-state index is 5.69. The third-order valence-corrected chi connectivity index (χ3v) is 7.20. The van der Waals surface area contributed by atoms with Crippen LogP contribution in [0.1, 0.15) is 50.2 Å². The molecule has 0 spiro atoms. The van der Waals surface area contributed by atoms with E-state index >= 15 is 0 Å². The van der Waals surface area contributed by atoms with Gasteiger partial charge in [0.15, 0.2) is 5.96 Å². The van der Waals surface area contributed by atoms with Crippen molar-refractivity contribution in [1.82, 2.24) is 10.6 Å². The maximum absolute atomic E-state index is 5.69. The first-order valence-electron chi connectivity index (χ1n) is 10.4. The van der Waals surface area contributed by atoms with Crippen molar-refractivity contribution < 1.29 is 4.74 Å². The predicted octanol–water partition coefficient (Wildman–Crippen LogP) is 3.88. The quantitative estimate of drug-likeness (QED) is 0.572. The van der Waals surface area contributed by atoms with Gasteiger partial charge in [0, 0.05) is 36.5 Å². The minimum atomic E-state index is 0.0867. The Hall–Kier alpha value is -1.20. The number of hydrogen-bond acceptors (Lipinski definition) is 3. The molecule has 2 fully saturated rings. The van der Waals surface area contributed by atoms with E-state index in [4.69, 9.17) is 9.73 Å². The fourth-order valence-electron chi connectivity index (χ4n) is 4.47. The Balaban J connectivity index is 1.76. The summed E-state index contributed by atoms with van der Waals surface area (Å²) in [4.78, 5) is 5.07. The van der Waals surface area contributed by atoms with Crippen molar-refractivity contribution in [2.75, 3.05) is 32.6 Å². The van der Waals surface area contributed by atoms with Crippen LogP contribution in [0.2, 0.25) is 0 Å². The second-order valence-electron chi connectivity index (χ2n) is 7.91. The molecule has 27 heavy (non-hydrogen) atoms. The molecule has 1 saturated heterocycles. The lowest BCUT2D eigenvalue weighted by Crippen LogP contribution is -2.44. The van der Waals surface area contributed by atoms with Crippen LogP contribution in [0.5, 0.6) is 0 Å². The second-order valence-corrected chi connectivity index (χ2v) is 9.05. The molecule has 1 aromatic rings. The van der Waals surface area contributed by atoms with E-state index in [1.54, 1.807) is 0 Å². The molecular formula is C22H35N3OS. The number of nitrogens with one attached hydrogen (secondary N) is 2. The van der Waals surface area contributed by atoms with Crippen LogP contribution < -0.4 is 10.6 Å². The topological polar surface area (TPSA) is 45.7 Å². The normalized spacial score (nSPS) is 25.4. The molecular weight excluding hydrogens is 354 g/mol. The Bertz CT molecular complexity index is 628. The number of aryl methyl sites for hydroxylation is 1. The molecule has 0 aromatic heterocycles. The molecule has 2 atom stereocenters. The Morgan fingerprint density at radius 1 is 1.26 bits per heavy atom. The average molecular weight is 390 g/mol. The average Bonchev–Trinajstić information content (AvgIpc) is 3.15. The molecule has 2 aliphatic rings. The summed E-state index contributed by atoms with van der Waals surface area (Å²) in [5, 5.41) is 7.96. The van der Waals surface area contributed by atoms with Crippen molar-refractivity contribution in [3.8, 4) is 0 Å². The van der Waals surface area contributed by atoms with Gasteiger partial charge in [0.25, 0.3) is 0 Å². The number of aliphatic imine (C=N–C) groups is 1. The molecule has 4 nitrogen and oxygen atoms in total. The van der Waals surface area contributed by atoms with E-state index in [2.05, 4.69) is 55.0 Å². The van der Waals surface area contributed by atoms with Gasteiger partial charge < -0.3 is 15.4 Å². The van der Waals surface area contributed by atoms with Gasteiger partial charge in [0.2, 0.25) is 0 Å². The first-order valence-corrected chi connectivity index (χ1v) is 11.7. The van der Waals surface area contributed by atoms with Gasteiger partial charge in [-0.3, -0.25) is 4.99 Å². The Morgan fingerprint density at radius 2 is 2.04 bits per heavy atom. The number of nitrogens with zero attached hydrogens (tertiary/aromatic N) is 1. The van der Waals surface area contributed by atoms with Crippen LogP contribution in [0.4, 0.5) is 0 Å². The zero-order valence-corrected chi connectivity index (χ0v) is 17.9. The standard InChI is InChI=1S/C22H35N3OS/c1-4-23-21(25-18-9-10-19(15-18)27-3)24-16-22(11-13-26-14-12-22)20-8-6-5-7-17(20)2/h5-8,18-19H,4,9-16H2,1-3H3,(H2,23,24,25). The summed E-state index contributed by atoms with van der Waals surface area (Å²) in [5.41, 5.74) is 2.89. The molecule has 1 aliphatic carbocycles. The third kappa shape index (κ3) is 5.20. The van der Waals surface area contributed by atoms with Gasteiger partial charge in [0.05, 0.1) is 6.54 Å². The molecule has 5 heteroatoms. The monoisotopic (exact) mass is 389 g/mol. The van der Waals surface area contributed by atoms with E-state index in [1.807, 2.05) is 11.8 Å². The summed E-state index contributed by atoms with van der Waals surface area (Å²) in [6.07, 6.45) is 8.10. The van der Waals surface area contributed by atoms with Crippen molar-refractivity contribution in [2.45, 2.75) is 62.7 Å². The lowest BCUT2D eigenvalue weighted by molar-refractivity contribution is 0.0529. The third-order valence-electron chi connectivity index (χ3n) is 6.11. The number of guanidine groups is 1. The van der Waals surface area contributed by atoms with Gasteiger partial charge in [0.1, 0.15) is 0 Å². The van der Waals surface area contributed by atoms with Crippen molar-refractivity contribution >= 4 is 17.7 Å². The predicted molar refractivity (Wildman–Crippen MR) is 117 cm³/mol. The van der Waals surface area contributed by atoms with Crippen LogP contribution in [0.15, 0.2) is 29.3 Å². The second kappa shape index (κ2) is 9.83. The number of rotatable bonds is 6. The molecule has 3 rings (SSSR count). The van der Waals surface area contributed by atoms with Gasteiger partial charge in [-0.25, -0.2) is 0 Å². The summed E-state index contributed by atoms with van der Waals surface area (Å²) in [7, 11) is 0. The highest BCUT2D eigenvalue weighted by atomic mass is 32.2. The molecule has 2 unspecified atom stereocenters. The summed E-state index contributed by atoms with van der Waals surface area (Å²) in [5.74, 6) is 0.976. The smallest absolute Gasteiger partial charge is 0.191 e. The van der Waals surface area contributed by atoms with Crippen molar-refractivity contribution in [2.24, 2.45) is 4.99 Å². The van der Waals surface area contributed by atoms with Crippen molar-refractivity contribution in [1.29, 1.82) is 0 Å². The lowest BCUT2D eigenvalue weighted by atomic mass is 9.72. The molecule has 1 heterocycles. The van der Waals surface area contributed by atoms with Gasteiger partial charge in [-0.1, -0.05) is 24.3 Å². The van der Waals surface area contributed by atoms with E-state index in [0.717, 1.165) is 50.4 Å². The van der Waals surface area contributed by atoms with E-state index in [9.17, 15) is 0 Å². The van der Waals surface area contributed by atoms with Crippen molar-refractivity contribution in [3.05, 3.63) is 35.4 Å². The van der Waals surface area contributed by atoms with Crippen LogP contribution in [0.3, 0.4) is 0 Å². The highest BCUT2D eigenvalue weighted by molar-refractivity contribution is 7.99. The first-order chi connectivity index (χ1) is 13.2. The van der Waals surface area contributed by atoms with Crippen LogP contribution in [-0.4, -0.2) is 49.8 Å². The molecule has 150 valence electrons. The number of hydrogen-bond donors (Lipinski definition) is 2. The summed E-state index contributed by atoms with van der Waals surface area (Å²) >= 11 is 2.00. The number of benzene rings is 1. The molecule has 0 amide bonds. The van der Waals surface area contributed by atoms with Crippen LogP contribution >= 0.6 is 11.8 Å². The molecule has 0 bridgehead atoms. The SMILES string of the molecule is CCNC(=NCC1(c2ccccc2C)CCOCC1)NC1CCC(SC)C1. The summed E-state index contributed by atoms with van der Waals surface area (Å²) < 4.78 is 5.69. The summed E-state index contributed by atoms with van der Waals surface area (Å²) in [6.45, 7) is 7.72. The Kier molecular flexibility index (Phi) is 7.48. The minimum Gasteiger partial charge on any atom is -0.381 e. The summed E-state index contributed by atoms with van der Waals surface area (Å²) in [6, 6.07) is 9.35. The fraction of sp³-hybridized carbons (Fsp3) is 0.682. The lowest BCUT2D eigenvalue weighted by Gasteiger charge is -2.37. The van der Waals surface area contributed by atoms with Gasteiger partial charge in [-0.15, -0.1) is 0 Å².